The van der Waals surface area contributed by atoms with Gasteiger partial charge in [-0.1, -0.05) is 0 Å². The number of fused-ring (bicyclic) bond motifs is 1. The first-order valence-electron chi connectivity index (χ1n) is 11.3. The number of hydrogen-bond acceptors (Lipinski definition) is 5. The van der Waals surface area contributed by atoms with Crippen molar-refractivity contribution in [1.29, 1.82) is 0 Å². The first-order chi connectivity index (χ1) is 15.3. The number of carbonyl (C=O) groups is 2. The minimum Gasteiger partial charge on any atom is -0.382 e. The highest BCUT2D eigenvalue weighted by atomic mass is 19.1. The van der Waals surface area contributed by atoms with Gasteiger partial charge in [-0.3, -0.25) is 19.5 Å². The van der Waals surface area contributed by atoms with Crippen molar-refractivity contribution < 1.29 is 14.0 Å². The first-order valence-corrected chi connectivity index (χ1v) is 11.3. The molecule has 0 spiro atoms. The van der Waals surface area contributed by atoms with Crippen LogP contribution in [0.2, 0.25) is 0 Å². The molecule has 0 unspecified atom stereocenters. The van der Waals surface area contributed by atoms with Gasteiger partial charge in [-0.2, -0.15) is 0 Å². The summed E-state index contributed by atoms with van der Waals surface area (Å²) in [7, 11) is 3.48. The molecule has 0 aliphatic carbocycles. The number of nitrogens with one attached hydrogen (secondary N) is 1. The number of nitrogens with zero attached hydrogens (tertiary/aromatic N) is 4. The molecule has 0 radical (unpaired) electrons. The van der Waals surface area contributed by atoms with Gasteiger partial charge in [0.1, 0.15) is 6.17 Å². The van der Waals surface area contributed by atoms with Crippen LogP contribution in [0.25, 0.3) is 10.9 Å². The molecule has 2 aliphatic heterocycles. The van der Waals surface area contributed by atoms with Gasteiger partial charge in [-0.15, -0.1) is 0 Å². The molecule has 2 saturated heterocycles. The van der Waals surface area contributed by atoms with Gasteiger partial charge in [0.15, 0.2) is 0 Å². The second-order valence-corrected chi connectivity index (χ2v) is 9.18. The van der Waals surface area contributed by atoms with Crippen LogP contribution in [0, 0.1) is 0 Å². The van der Waals surface area contributed by atoms with Crippen LogP contribution in [0.5, 0.6) is 0 Å². The lowest BCUT2D eigenvalue weighted by atomic mass is 10.0. The fourth-order valence-electron chi connectivity index (χ4n) is 4.76. The number of likely N-dealkylation sites (tertiary alicyclic amines) is 2. The van der Waals surface area contributed by atoms with Crippen LogP contribution in [0.3, 0.4) is 0 Å². The minimum atomic E-state index is -0.896. The number of rotatable bonds is 5. The molecule has 1 aromatic heterocycles. The van der Waals surface area contributed by atoms with Crippen LogP contribution in [-0.2, 0) is 4.79 Å². The van der Waals surface area contributed by atoms with E-state index in [1.807, 2.05) is 31.2 Å². The number of hydrogen-bond donors (Lipinski definition) is 1. The fraction of sp³-hybridized carbons (Fsp3) is 0.542. The van der Waals surface area contributed by atoms with Gasteiger partial charge in [-0.25, -0.2) is 4.39 Å². The molecule has 2 amide bonds. The third kappa shape index (κ3) is 4.70. The molecule has 2 aliphatic rings. The lowest BCUT2D eigenvalue weighted by Crippen LogP contribution is -2.46. The van der Waals surface area contributed by atoms with Crippen molar-refractivity contribution in [3.8, 4) is 0 Å². The number of anilines is 1. The molecular formula is C24H32FN5O2. The minimum absolute atomic E-state index is 0.0130. The molecule has 4 rings (SSSR count). The third-order valence-corrected chi connectivity index (χ3v) is 6.56. The summed E-state index contributed by atoms with van der Waals surface area (Å²) in [6, 6.07) is 7.93. The maximum Gasteiger partial charge on any atom is 0.255 e. The average Bonchev–Trinajstić information content (AvgIpc) is 3.12. The summed E-state index contributed by atoms with van der Waals surface area (Å²) in [4.78, 5) is 35.0. The molecule has 3 heterocycles. The zero-order valence-corrected chi connectivity index (χ0v) is 19.1. The van der Waals surface area contributed by atoms with Crippen molar-refractivity contribution >= 4 is 28.4 Å². The van der Waals surface area contributed by atoms with E-state index in [1.165, 1.54) is 0 Å². The highest BCUT2D eigenvalue weighted by Crippen LogP contribution is 2.28. The van der Waals surface area contributed by atoms with Crippen LogP contribution in [0.4, 0.5) is 10.1 Å². The van der Waals surface area contributed by atoms with Gasteiger partial charge in [0.2, 0.25) is 5.91 Å². The normalized spacial score (nSPS) is 22.3. The Bertz CT molecular complexity index is 990. The highest BCUT2D eigenvalue weighted by Gasteiger charge is 2.33. The number of halogens is 1. The summed E-state index contributed by atoms with van der Waals surface area (Å²) >= 11 is 0. The van der Waals surface area contributed by atoms with Crippen molar-refractivity contribution in [3.05, 3.63) is 36.0 Å². The molecule has 7 nitrogen and oxygen atoms in total. The van der Waals surface area contributed by atoms with Crippen LogP contribution in [0.1, 0.15) is 36.5 Å². The van der Waals surface area contributed by atoms with E-state index in [4.69, 9.17) is 0 Å². The van der Waals surface area contributed by atoms with Crippen molar-refractivity contribution in [3.63, 3.8) is 0 Å². The molecule has 2 aromatic rings. The Hall–Kier alpha value is -2.74. The molecule has 0 bridgehead atoms. The van der Waals surface area contributed by atoms with Gasteiger partial charge in [0.25, 0.3) is 5.91 Å². The molecule has 172 valence electrons. The molecule has 2 fully saturated rings. The fourth-order valence-corrected chi connectivity index (χ4v) is 4.76. The average molecular weight is 442 g/mol. The van der Waals surface area contributed by atoms with E-state index in [0.717, 1.165) is 37.0 Å². The van der Waals surface area contributed by atoms with Crippen LogP contribution < -0.4 is 5.32 Å². The third-order valence-electron chi connectivity index (χ3n) is 6.56. The predicted molar refractivity (Wildman–Crippen MR) is 124 cm³/mol. The SMILES string of the molecule is C[C@@H]1C[C@H](F)CN1C(=O)CN1CCC(Nc2ccc(C(=O)N(C)C)c3ncccc23)CC1. The molecule has 0 saturated carbocycles. The van der Waals surface area contributed by atoms with Crippen LogP contribution in [0.15, 0.2) is 30.5 Å². The number of pyridine rings is 1. The maximum absolute atomic E-state index is 13.6. The van der Waals surface area contributed by atoms with E-state index in [0.29, 0.717) is 24.0 Å². The Morgan fingerprint density at radius 1 is 1.22 bits per heavy atom. The number of aromatic nitrogens is 1. The van der Waals surface area contributed by atoms with Gasteiger partial charge in [-0.05, 0) is 44.0 Å². The van der Waals surface area contributed by atoms with Gasteiger partial charge in [0.05, 0.1) is 24.2 Å². The Balaban J connectivity index is 1.38. The maximum atomic E-state index is 13.6. The smallest absolute Gasteiger partial charge is 0.255 e. The molecule has 2 atom stereocenters. The van der Waals surface area contributed by atoms with E-state index in [9.17, 15) is 14.0 Å². The summed E-state index contributed by atoms with van der Waals surface area (Å²) in [6.07, 6.45) is 3.08. The Morgan fingerprint density at radius 2 is 1.97 bits per heavy atom. The van der Waals surface area contributed by atoms with E-state index in [-0.39, 0.29) is 30.4 Å². The monoisotopic (exact) mass is 441 g/mol. The van der Waals surface area contributed by atoms with Crippen molar-refractivity contribution in [2.24, 2.45) is 0 Å². The van der Waals surface area contributed by atoms with E-state index >= 15 is 0 Å². The number of amides is 2. The van der Waals surface area contributed by atoms with Crippen LogP contribution in [-0.4, -0.2) is 90.0 Å². The molecular weight excluding hydrogens is 409 g/mol. The topological polar surface area (TPSA) is 68.8 Å². The molecule has 1 N–H and O–H groups in total. The lowest BCUT2D eigenvalue weighted by Gasteiger charge is -2.34. The lowest BCUT2D eigenvalue weighted by molar-refractivity contribution is -0.133. The Kier molecular flexibility index (Phi) is 6.60. The summed E-state index contributed by atoms with van der Waals surface area (Å²) in [5, 5.41) is 4.56. The molecule has 8 heteroatoms. The van der Waals surface area contributed by atoms with E-state index in [2.05, 4.69) is 15.2 Å². The zero-order chi connectivity index (χ0) is 22.8. The van der Waals surface area contributed by atoms with E-state index in [1.54, 1.807) is 30.1 Å². The summed E-state index contributed by atoms with van der Waals surface area (Å²) < 4.78 is 13.6. The van der Waals surface area contributed by atoms with Gasteiger partial charge in [0, 0.05) is 63.0 Å². The number of piperidine rings is 1. The standard InChI is InChI=1S/C24H32FN5O2/c1-16-13-17(25)14-30(16)22(31)15-29-11-8-18(9-12-29)27-21-7-6-20(24(32)28(2)3)23-19(21)5-4-10-26-23/h4-7,10,16-18,27H,8-9,11-15H2,1-3H3/t16-,17+/m1/s1. The van der Waals surface area contributed by atoms with Crippen molar-refractivity contribution in [1.82, 2.24) is 19.7 Å². The number of alkyl halides is 1. The summed E-state index contributed by atoms with van der Waals surface area (Å²) in [6.45, 7) is 4.14. The Labute approximate surface area is 188 Å². The summed E-state index contributed by atoms with van der Waals surface area (Å²) in [5.41, 5.74) is 2.26. The second-order valence-electron chi connectivity index (χ2n) is 9.18. The molecule has 32 heavy (non-hydrogen) atoms. The molecule has 1 aromatic carbocycles. The first kappa shape index (κ1) is 22.5. The van der Waals surface area contributed by atoms with Gasteiger partial charge < -0.3 is 15.1 Å². The number of benzene rings is 1. The van der Waals surface area contributed by atoms with Gasteiger partial charge >= 0.3 is 0 Å². The van der Waals surface area contributed by atoms with Crippen molar-refractivity contribution in [2.75, 3.05) is 45.6 Å². The largest absolute Gasteiger partial charge is 0.382 e. The Morgan fingerprint density at radius 3 is 2.62 bits per heavy atom. The second kappa shape index (κ2) is 9.40. The van der Waals surface area contributed by atoms with Crippen LogP contribution >= 0.6 is 0 Å². The highest BCUT2D eigenvalue weighted by molar-refractivity contribution is 6.08. The van der Waals surface area contributed by atoms with Crippen molar-refractivity contribution in [2.45, 2.75) is 44.4 Å². The quantitative estimate of drug-likeness (QED) is 0.773. The predicted octanol–water partition coefficient (Wildman–Crippen LogP) is 2.77. The van der Waals surface area contributed by atoms with E-state index < -0.39 is 6.17 Å². The summed E-state index contributed by atoms with van der Waals surface area (Å²) in [5.74, 6) is -0.0353. The zero-order valence-electron chi connectivity index (χ0n) is 19.1. The number of carbonyl (C=O) groups excluding carboxylic acids is 2.